The molecule has 1 saturated heterocycles. The van der Waals surface area contributed by atoms with Crippen molar-refractivity contribution < 1.29 is 14.3 Å². The number of carbonyl (C=O) groups excluding carboxylic acids is 1. The zero-order valence-electron chi connectivity index (χ0n) is 12.3. The van der Waals surface area contributed by atoms with Crippen molar-refractivity contribution >= 4 is 5.91 Å². The van der Waals surface area contributed by atoms with Crippen LogP contribution in [0.15, 0.2) is 18.2 Å². The third-order valence-electron chi connectivity index (χ3n) is 3.95. The van der Waals surface area contributed by atoms with Crippen molar-refractivity contribution in [2.45, 2.75) is 25.8 Å². The van der Waals surface area contributed by atoms with Crippen molar-refractivity contribution in [2.24, 2.45) is 0 Å². The van der Waals surface area contributed by atoms with Gasteiger partial charge in [-0.15, -0.1) is 0 Å². The molecule has 114 valence electrons. The Balaban J connectivity index is 1.52. The highest BCUT2D eigenvalue weighted by molar-refractivity contribution is 5.78. The van der Waals surface area contributed by atoms with Crippen LogP contribution in [0, 0.1) is 0 Å². The van der Waals surface area contributed by atoms with Gasteiger partial charge in [-0.3, -0.25) is 4.79 Å². The van der Waals surface area contributed by atoms with Crippen LogP contribution in [0.5, 0.6) is 11.5 Å². The van der Waals surface area contributed by atoms with Crippen molar-refractivity contribution in [2.75, 3.05) is 32.8 Å². The predicted octanol–water partition coefficient (Wildman–Crippen LogP) is 1.56. The predicted molar refractivity (Wildman–Crippen MR) is 79.6 cm³/mol. The lowest BCUT2D eigenvalue weighted by Crippen LogP contribution is -2.41. The molecule has 1 amide bonds. The fraction of sp³-hybridized carbons (Fsp3) is 0.562. The van der Waals surface area contributed by atoms with Crippen LogP contribution in [0.3, 0.4) is 0 Å². The number of nitrogens with one attached hydrogen (secondary N) is 1. The molecule has 0 unspecified atom stereocenters. The van der Waals surface area contributed by atoms with E-state index in [1.807, 2.05) is 23.1 Å². The molecule has 2 heterocycles. The number of piperidine rings is 1. The summed E-state index contributed by atoms with van der Waals surface area (Å²) < 4.78 is 11.2. The number of likely N-dealkylation sites (tertiary alicyclic amines) is 1. The fourth-order valence-electron chi connectivity index (χ4n) is 2.83. The van der Waals surface area contributed by atoms with E-state index in [9.17, 15) is 4.79 Å². The van der Waals surface area contributed by atoms with Gasteiger partial charge in [-0.1, -0.05) is 12.1 Å². The molecule has 2 aliphatic rings. The number of carbonyl (C=O) groups is 1. The van der Waals surface area contributed by atoms with Gasteiger partial charge >= 0.3 is 0 Å². The van der Waals surface area contributed by atoms with E-state index in [1.54, 1.807) is 0 Å². The average molecular weight is 290 g/mol. The maximum Gasteiger partial charge on any atom is 0.236 e. The molecule has 5 heteroatoms. The van der Waals surface area contributed by atoms with Crippen molar-refractivity contribution in [3.63, 3.8) is 0 Å². The molecular weight excluding hydrogens is 268 g/mol. The summed E-state index contributed by atoms with van der Waals surface area (Å²) in [6, 6.07) is 5.87. The first-order chi connectivity index (χ1) is 10.3. The smallest absolute Gasteiger partial charge is 0.236 e. The maximum absolute atomic E-state index is 12.1. The Hall–Kier alpha value is -1.75. The van der Waals surface area contributed by atoms with E-state index in [0.29, 0.717) is 26.3 Å². The first kappa shape index (κ1) is 14.2. The Bertz CT molecular complexity index is 498. The van der Waals surface area contributed by atoms with Crippen molar-refractivity contribution in [3.8, 4) is 11.5 Å². The number of hydrogen-bond acceptors (Lipinski definition) is 4. The maximum atomic E-state index is 12.1. The molecule has 1 N–H and O–H groups in total. The third kappa shape index (κ3) is 3.47. The first-order valence-electron chi connectivity index (χ1n) is 7.70. The Morgan fingerprint density at radius 2 is 1.95 bits per heavy atom. The Labute approximate surface area is 125 Å². The number of rotatable bonds is 4. The van der Waals surface area contributed by atoms with Crippen molar-refractivity contribution in [1.29, 1.82) is 0 Å². The lowest BCUT2D eigenvalue weighted by atomic mass is 10.1. The Morgan fingerprint density at radius 3 is 2.81 bits per heavy atom. The highest BCUT2D eigenvalue weighted by Gasteiger charge is 2.17. The molecule has 21 heavy (non-hydrogen) atoms. The Morgan fingerprint density at radius 1 is 1.14 bits per heavy atom. The summed E-state index contributed by atoms with van der Waals surface area (Å²) in [4.78, 5) is 14.0. The number of fused-ring (bicyclic) bond motifs is 1. The number of benzene rings is 1. The number of amides is 1. The molecule has 1 fully saturated rings. The van der Waals surface area contributed by atoms with E-state index in [0.717, 1.165) is 43.0 Å². The minimum Gasteiger partial charge on any atom is -0.486 e. The van der Waals surface area contributed by atoms with Crippen molar-refractivity contribution in [3.05, 3.63) is 23.8 Å². The molecular formula is C16H22N2O3. The second-order valence-electron chi connectivity index (χ2n) is 5.49. The second kappa shape index (κ2) is 6.80. The molecule has 0 aliphatic carbocycles. The van der Waals surface area contributed by atoms with E-state index in [2.05, 4.69) is 5.32 Å². The molecule has 0 radical (unpaired) electrons. The van der Waals surface area contributed by atoms with Crippen LogP contribution >= 0.6 is 0 Å². The number of para-hydroxylation sites is 1. The minimum absolute atomic E-state index is 0.191. The van der Waals surface area contributed by atoms with Crippen LogP contribution in [-0.4, -0.2) is 43.7 Å². The minimum atomic E-state index is 0.191. The Kier molecular flexibility index (Phi) is 4.60. The van der Waals surface area contributed by atoms with Crippen molar-refractivity contribution in [1.82, 2.24) is 10.2 Å². The van der Waals surface area contributed by atoms with Gasteiger partial charge < -0.3 is 19.7 Å². The zero-order valence-corrected chi connectivity index (χ0v) is 12.3. The van der Waals surface area contributed by atoms with E-state index in [4.69, 9.17) is 9.47 Å². The summed E-state index contributed by atoms with van der Waals surface area (Å²) in [5, 5.41) is 3.22. The lowest BCUT2D eigenvalue weighted by molar-refractivity contribution is -0.131. The largest absolute Gasteiger partial charge is 0.486 e. The number of hydrogen-bond donors (Lipinski definition) is 1. The molecule has 1 aromatic rings. The summed E-state index contributed by atoms with van der Waals surface area (Å²) in [7, 11) is 0. The van der Waals surface area contributed by atoms with Gasteiger partial charge in [-0.25, -0.2) is 0 Å². The lowest BCUT2D eigenvalue weighted by Gasteiger charge is -2.27. The standard InChI is InChI=1S/C16H22N2O3/c19-15(18-7-2-1-3-8-18)12-17-11-13-5-4-6-14-16(13)21-10-9-20-14/h4-6,17H,1-3,7-12H2. The molecule has 3 rings (SSSR count). The summed E-state index contributed by atoms with van der Waals surface area (Å²) in [6.45, 7) is 3.97. The monoisotopic (exact) mass is 290 g/mol. The van der Waals surface area contributed by atoms with E-state index < -0.39 is 0 Å². The molecule has 0 aromatic heterocycles. The normalized spacial score (nSPS) is 17.6. The van der Waals surface area contributed by atoms with Gasteiger partial charge in [-0.05, 0) is 25.3 Å². The SMILES string of the molecule is O=C(CNCc1cccc2c1OCCO2)N1CCCCC1. The number of ether oxygens (including phenoxy) is 2. The first-order valence-corrected chi connectivity index (χ1v) is 7.70. The van der Waals surface area contributed by atoms with Gasteiger partial charge in [0.25, 0.3) is 0 Å². The van der Waals surface area contributed by atoms with Crippen LogP contribution in [0.25, 0.3) is 0 Å². The van der Waals surface area contributed by atoms with Crippen LogP contribution in [-0.2, 0) is 11.3 Å². The highest BCUT2D eigenvalue weighted by atomic mass is 16.6. The zero-order chi connectivity index (χ0) is 14.5. The summed E-state index contributed by atoms with van der Waals surface area (Å²) in [5.74, 6) is 1.79. The van der Waals surface area contributed by atoms with Gasteiger partial charge in [0, 0.05) is 25.2 Å². The molecule has 2 aliphatic heterocycles. The van der Waals surface area contributed by atoms with Gasteiger partial charge in [0.2, 0.25) is 5.91 Å². The molecule has 0 bridgehead atoms. The second-order valence-corrected chi connectivity index (χ2v) is 5.49. The topological polar surface area (TPSA) is 50.8 Å². The van der Waals surface area contributed by atoms with Crippen LogP contribution < -0.4 is 14.8 Å². The number of nitrogens with zero attached hydrogens (tertiary/aromatic N) is 1. The van der Waals surface area contributed by atoms with Gasteiger partial charge in [-0.2, -0.15) is 0 Å². The molecule has 1 aromatic carbocycles. The molecule has 5 nitrogen and oxygen atoms in total. The van der Waals surface area contributed by atoms with Gasteiger partial charge in [0.1, 0.15) is 13.2 Å². The molecule has 0 atom stereocenters. The van der Waals surface area contributed by atoms with E-state index in [-0.39, 0.29) is 5.91 Å². The van der Waals surface area contributed by atoms with Gasteiger partial charge in [0.05, 0.1) is 6.54 Å². The summed E-state index contributed by atoms with van der Waals surface area (Å²) in [6.07, 6.45) is 3.50. The van der Waals surface area contributed by atoms with Gasteiger partial charge in [0.15, 0.2) is 11.5 Å². The van der Waals surface area contributed by atoms with Crippen LogP contribution in [0.2, 0.25) is 0 Å². The van der Waals surface area contributed by atoms with Crippen LogP contribution in [0.4, 0.5) is 0 Å². The third-order valence-corrected chi connectivity index (χ3v) is 3.95. The van der Waals surface area contributed by atoms with Crippen LogP contribution in [0.1, 0.15) is 24.8 Å². The summed E-state index contributed by atoms with van der Waals surface area (Å²) in [5.41, 5.74) is 1.04. The molecule has 0 saturated carbocycles. The van der Waals surface area contributed by atoms with E-state index >= 15 is 0 Å². The van der Waals surface area contributed by atoms with E-state index in [1.165, 1.54) is 6.42 Å². The summed E-state index contributed by atoms with van der Waals surface area (Å²) >= 11 is 0. The quantitative estimate of drug-likeness (QED) is 0.914. The average Bonchev–Trinajstić information content (AvgIpc) is 2.56. The fourth-order valence-corrected chi connectivity index (χ4v) is 2.83. The molecule has 0 spiro atoms. The highest BCUT2D eigenvalue weighted by Crippen LogP contribution is 2.33.